The van der Waals surface area contributed by atoms with Gasteiger partial charge < -0.3 is 15.5 Å². The lowest BCUT2D eigenvalue weighted by atomic mass is 9.70. The highest BCUT2D eigenvalue weighted by molar-refractivity contribution is 6.30. The van der Waals surface area contributed by atoms with Gasteiger partial charge in [-0.15, -0.1) is 0 Å². The number of hydrogen-bond acceptors (Lipinski definition) is 5. The zero-order valence-electron chi connectivity index (χ0n) is 19.1. The van der Waals surface area contributed by atoms with E-state index in [0.29, 0.717) is 25.0 Å². The normalized spacial score (nSPS) is 18.8. The van der Waals surface area contributed by atoms with Crippen LogP contribution in [0.15, 0.2) is 42.7 Å². The zero-order chi connectivity index (χ0) is 23.3. The number of piperidine rings is 1. The van der Waals surface area contributed by atoms with Gasteiger partial charge in [0.1, 0.15) is 6.04 Å². The van der Waals surface area contributed by atoms with Gasteiger partial charge in [0.25, 0.3) is 0 Å². The van der Waals surface area contributed by atoms with E-state index in [-0.39, 0.29) is 29.7 Å². The minimum atomic E-state index is -0.580. The van der Waals surface area contributed by atoms with Crippen molar-refractivity contribution in [2.24, 2.45) is 11.3 Å². The van der Waals surface area contributed by atoms with Crippen LogP contribution in [0, 0.1) is 11.3 Å². The number of amides is 2. The quantitative estimate of drug-likeness (QED) is 0.661. The summed E-state index contributed by atoms with van der Waals surface area (Å²) < 4.78 is 0. The van der Waals surface area contributed by atoms with Crippen molar-refractivity contribution in [3.63, 3.8) is 0 Å². The molecule has 1 aromatic carbocycles. The zero-order valence-corrected chi connectivity index (χ0v) is 19.9. The molecular weight excluding hydrogens is 426 g/mol. The molecule has 0 saturated carbocycles. The first-order valence-corrected chi connectivity index (χ1v) is 11.4. The molecule has 2 heterocycles. The van der Waals surface area contributed by atoms with E-state index in [1.54, 1.807) is 18.5 Å². The van der Waals surface area contributed by atoms with E-state index in [0.717, 1.165) is 11.4 Å². The number of anilines is 1. The molecule has 1 saturated heterocycles. The van der Waals surface area contributed by atoms with Gasteiger partial charge in [0.15, 0.2) is 0 Å². The summed E-state index contributed by atoms with van der Waals surface area (Å²) >= 11 is 6.05. The largest absolute Gasteiger partial charge is 0.345 e. The van der Waals surface area contributed by atoms with E-state index in [2.05, 4.69) is 46.6 Å². The fraction of sp³-hybridized carbons (Fsp3) is 0.500. The van der Waals surface area contributed by atoms with E-state index in [1.807, 2.05) is 30.9 Å². The lowest BCUT2D eigenvalue weighted by Crippen LogP contribution is -2.56. The predicted molar refractivity (Wildman–Crippen MR) is 126 cm³/mol. The third-order valence-electron chi connectivity index (χ3n) is 6.04. The van der Waals surface area contributed by atoms with E-state index in [4.69, 9.17) is 11.6 Å². The molecule has 1 aliphatic rings. The maximum atomic E-state index is 13.4. The molecule has 2 amide bonds. The van der Waals surface area contributed by atoms with E-state index >= 15 is 0 Å². The first-order chi connectivity index (χ1) is 15.2. The first-order valence-electron chi connectivity index (χ1n) is 11.0. The molecule has 2 aromatic rings. The first kappa shape index (κ1) is 24.0. The van der Waals surface area contributed by atoms with Gasteiger partial charge in [-0.2, -0.15) is 0 Å². The Morgan fingerprint density at radius 1 is 1.19 bits per heavy atom. The Morgan fingerprint density at radius 2 is 1.84 bits per heavy atom. The molecule has 2 atom stereocenters. The second-order valence-electron chi connectivity index (χ2n) is 9.36. The van der Waals surface area contributed by atoms with Crippen molar-refractivity contribution in [1.82, 2.24) is 20.2 Å². The second-order valence-corrected chi connectivity index (χ2v) is 9.79. The summed E-state index contributed by atoms with van der Waals surface area (Å²) in [5.74, 6) is 0.385. The number of carbonyl (C=O) groups excluding carboxylic acids is 2. The summed E-state index contributed by atoms with van der Waals surface area (Å²) in [5.41, 5.74) is 1.15. The van der Waals surface area contributed by atoms with Crippen LogP contribution in [0.2, 0.25) is 5.02 Å². The monoisotopic (exact) mass is 457 g/mol. The van der Waals surface area contributed by atoms with Crippen LogP contribution in [0.25, 0.3) is 0 Å². The second kappa shape index (κ2) is 10.3. The Labute approximate surface area is 195 Å². The van der Waals surface area contributed by atoms with Gasteiger partial charge in [0.05, 0.1) is 6.54 Å². The van der Waals surface area contributed by atoms with Crippen LogP contribution < -0.4 is 10.6 Å². The van der Waals surface area contributed by atoms with E-state index in [9.17, 15) is 9.59 Å². The Balaban J connectivity index is 1.62. The van der Waals surface area contributed by atoms with Crippen molar-refractivity contribution in [3.05, 3.63) is 53.3 Å². The minimum absolute atomic E-state index is 0.00461. The smallest absolute Gasteiger partial charge is 0.245 e. The van der Waals surface area contributed by atoms with Gasteiger partial charge in [-0.25, -0.2) is 9.97 Å². The molecule has 2 N–H and O–H groups in total. The average molecular weight is 458 g/mol. The molecule has 0 bridgehead atoms. The number of likely N-dealkylation sites (tertiary alicyclic amines) is 1. The van der Waals surface area contributed by atoms with Crippen LogP contribution in [-0.2, 0) is 9.59 Å². The van der Waals surface area contributed by atoms with Gasteiger partial charge >= 0.3 is 0 Å². The van der Waals surface area contributed by atoms with Crippen LogP contribution in [0.3, 0.4) is 0 Å². The van der Waals surface area contributed by atoms with Gasteiger partial charge in [0.2, 0.25) is 17.8 Å². The van der Waals surface area contributed by atoms with Crippen molar-refractivity contribution in [2.45, 2.75) is 46.1 Å². The molecule has 1 fully saturated rings. The fourth-order valence-corrected chi connectivity index (χ4v) is 4.47. The summed E-state index contributed by atoms with van der Waals surface area (Å²) in [6.45, 7) is 9.57. The van der Waals surface area contributed by atoms with Crippen molar-refractivity contribution >= 4 is 29.4 Å². The predicted octanol–water partition coefficient (Wildman–Crippen LogP) is 3.73. The molecule has 172 valence electrons. The Bertz CT molecular complexity index is 918. The third-order valence-corrected chi connectivity index (χ3v) is 6.29. The summed E-state index contributed by atoms with van der Waals surface area (Å²) in [5, 5.41) is 6.50. The molecule has 0 radical (unpaired) electrons. The Hall–Kier alpha value is -2.67. The molecular formula is C24H32ClN5O2. The van der Waals surface area contributed by atoms with E-state index < -0.39 is 6.04 Å². The van der Waals surface area contributed by atoms with Crippen molar-refractivity contribution in [2.75, 3.05) is 25.0 Å². The number of carbonyl (C=O) groups is 2. The highest BCUT2D eigenvalue weighted by Crippen LogP contribution is 2.42. The van der Waals surface area contributed by atoms with E-state index in [1.165, 1.54) is 5.56 Å². The van der Waals surface area contributed by atoms with Crippen LogP contribution >= 0.6 is 11.6 Å². The lowest BCUT2D eigenvalue weighted by Gasteiger charge is -2.45. The molecule has 1 aliphatic heterocycles. The minimum Gasteiger partial charge on any atom is -0.345 e. The topological polar surface area (TPSA) is 87.2 Å². The van der Waals surface area contributed by atoms with Crippen LogP contribution in [0.4, 0.5) is 5.95 Å². The van der Waals surface area contributed by atoms with Crippen LogP contribution in [0.1, 0.15) is 45.6 Å². The number of halogens is 1. The van der Waals surface area contributed by atoms with Gasteiger partial charge in [-0.1, -0.05) is 51.4 Å². The number of benzene rings is 1. The van der Waals surface area contributed by atoms with Crippen molar-refractivity contribution in [3.8, 4) is 0 Å². The molecule has 32 heavy (non-hydrogen) atoms. The fourth-order valence-electron chi connectivity index (χ4n) is 4.34. The van der Waals surface area contributed by atoms with Crippen molar-refractivity contribution < 1.29 is 9.59 Å². The number of hydrogen-bond donors (Lipinski definition) is 2. The van der Waals surface area contributed by atoms with Crippen molar-refractivity contribution in [1.29, 1.82) is 0 Å². The number of rotatable bonds is 7. The maximum absolute atomic E-state index is 13.4. The lowest BCUT2D eigenvalue weighted by molar-refractivity contribution is -0.140. The number of aromatic nitrogens is 2. The van der Waals surface area contributed by atoms with Crippen LogP contribution in [-0.4, -0.2) is 52.4 Å². The molecule has 7 nitrogen and oxygen atoms in total. The average Bonchev–Trinajstić information content (AvgIpc) is 2.76. The maximum Gasteiger partial charge on any atom is 0.245 e. The summed E-state index contributed by atoms with van der Waals surface area (Å²) in [6.07, 6.45) is 4.07. The SMILES string of the molecule is CC(C)[C@@H](NC(=O)CNc1ncccn1)C(=O)N1CCC(c2ccc(Cl)cc2)C(C)(C)C1. The Morgan fingerprint density at radius 3 is 2.44 bits per heavy atom. The Kier molecular flexibility index (Phi) is 7.72. The molecule has 0 aliphatic carbocycles. The number of nitrogens with one attached hydrogen (secondary N) is 2. The standard InChI is InChI=1S/C24H32ClN5O2/c1-16(2)21(29-20(31)14-28-23-26-11-5-12-27-23)22(32)30-13-10-19(24(3,4)15-30)17-6-8-18(25)9-7-17/h5-9,11-12,16,19,21H,10,13-15H2,1-4H3,(H,29,31)(H,26,27,28)/t19?,21-/m1/s1. The molecule has 1 unspecified atom stereocenters. The molecule has 0 spiro atoms. The summed E-state index contributed by atoms with van der Waals surface area (Å²) in [6, 6.07) is 9.12. The summed E-state index contributed by atoms with van der Waals surface area (Å²) in [7, 11) is 0. The molecule has 1 aromatic heterocycles. The van der Waals surface area contributed by atoms with Gasteiger partial charge in [0, 0.05) is 30.5 Å². The van der Waals surface area contributed by atoms with Crippen LogP contribution in [0.5, 0.6) is 0 Å². The highest BCUT2D eigenvalue weighted by atomic mass is 35.5. The van der Waals surface area contributed by atoms with Gasteiger partial charge in [-0.3, -0.25) is 9.59 Å². The molecule has 3 rings (SSSR count). The third kappa shape index (κ3) is 5.97. The number of nitrogens with zero attached hydrogens (tertiary/aromatic N) is 3. The highest BCUT2D eigenvalue weighted by Gasteiger charge is 2.40. The molecule has 8 heteroatoms. The van der Waals surface area contributed by atoms with Gasteiger partial charge in [-0.05, 0) is 47.4 Å². The summed E-state index contributed by atoms with van der Waals surface area (Å²) in [4.78, 5) is 35.9.